The second-order valence-electron chi connectivity index (χ2n) is 4.97. The molecule has 0 aromatic rings. The zero-order valence-electron chi connectivity index (χ0n) is 10.4. The van der Waals surface area contributed by atoms with Crippen LogP contribution in [0.15, 0.2) is 0 Å². The zero-order valence-corrected chi connectivity index (χ0v) is 10.4. The number of likely N-dealkylation sites (tertiary alicyclic amines) is 1. The quantitative estimate of drug-likeness (QED) is 0.709. The highest BCUT2D eigenvalue weighted by Gasteiger charge is 2.34. The Morgan fingerprint density at radius 3 is 2.35 bits per heavy atom. The van der Waals surface area contributed by atoms with E-state index in [4.69, 9.17) is 0 Å². The van der Waals surface area contributed by atoms with E-state index in [-0.39, 0.29) is 11.9 Å². The molecule has 1 heterocycles. The molecular formula is C12H21N3O2. The summed E-state index contributed by atoms with van der Waals surface area (Å²) in [5.41, 5.74) is 0. The van der Waals surface area contributed by atoms with Crippen LogP contribution in [0, 0.1) is 5.92 Å². The number of carbonyl (C=O) groups excluding carboxylic acids is 2. The minimum Gasteiger partial charge on any atom is -0.352 e. The van der Waals surface area contributed by atoms with Crippen LogP contribution < -0.4 is 10.6 Å². The van der Waals surface area contributed by atoms with Gasteiger partial charge >= 0.3 is 0 Å². The summed E-state index contributed by atoms with van der Waals surface area (Å²) in [5, 5.41) is 5.82. The minimum absolute atomic E-state index is 0.0412. The highest BCUT2D eigenvalue weighted by atomic mass is 16.2. The third-order valence-corrected chi connectivity index (χ3v) is 3.44. The smallest absolute Gasteiger partial charge is 0.234 e. The van der Waals surface area contributed by atoms with Crippen LogP contribution in [0.5, 0.6) is 0 Å². The maximum absolute atomic E-state index is 11.8. The number of carbonyl (C=O) groups is 2. The average Bonchev–Trinajstić information content (AvgIpc) is 3.13. The third kappa shape index (κ3) is 3.43. The molecule has 0 atom stereocenters. The van der Waals surface area contributed by atoms with Crippen molar-refractivity contribution >= 4 is 11.8 Å². The lowest BCUT2D eigenvalue weighted by molar-refractivity contribution is -0.133. The van der Waals surface area contributed by atoms with Crippen molar-refractivity contribution in [1.82, 2.24) is 15.5 Å². The summed E-state index contributed by atoms with van der Waals surface area (Å²) in [7, 11) is 1.76. The standard InChI is InChI=1S/C12H21N3O2/c1-13-8-11(16)14-10-4-6-15(7-5-10)12(17)9-2-3-9/h9-10,13H,2-8H2,1H3,(H,14,16). The van der Waals surface area contributed by atoms with Crippen LogP contribution in [0.2, 0.25) is 0 Å². The van der Waals surface area contributed by atoms with Gasteiger partial charge in [0.05, 0.1) is 6.54 Å². The highest BCUT2D eigenvalue weighted by molar-refractivity contribution is 5.81. The molecule has 2 amide bonds. The summed E-state index contributed by atoms with van der Waals surface area (Å²) in [6.45, 7) is 1.95. The molecule has 0 radical (unpaired) electrons. The second kappa shape index (κ2) is 5.49. The Hall–Kier alpha value is -1.10. The van der Waals surface area contributed by atoms with Crippen molar-refractivity contribution in [3.8, 4) is 0 Å². The van der Waals surface area contributed by atoms with E-state index in [0.717, 1.165) is 38.8 Å². The van der Waals surface area contributed by atoms with Crippen LogP contribution in [0.1, 0.15) is 25.7 Å². The normalized spacial score (nSPS) is 21.4. The molecule has 5 nitrogen and oxygen atoms in total. The van der Waals surface area contributed by atoms with Crippen molar-refractivity contribution in [2.75, 3.05) is 26.7 Å². The lowest BCUT2D eigenvalue weighted by atomic mass is 10.0. The Balaban J connectivity index is 1.70. The average molecular weight is 239 g/mol. The Bertz CT molecular complexity index is 294. The third-order valence-electron chi connectivity index (χ3n) is 3.44. The van der Waals surface area contributed by atoms with Crippen molar-refractivity contribution in [3.63, 3.8) is 0 Å². The molecular weight excluding hydrogens is 218 g/mol. The molecule has 2 N–H and O–H groups in total. The van der Waals surface area contributed by atoms with Crippen molar-refractivity contribution in [1.29, 1.82) is 0 Å². The monoisotopic (exact) mass is 239 g/mol. The van der Waals surface area contributed by atoms with Gasteiger partial charge in [-0.25, -0.2) is 0 Å². The molecule has 17 heavy (non-hydrogen) atoms. The van der Waals surface area contributed by atoms with Crippen molar-refractivity contribution in [3.05, 3.63) is 0 Å². The molecule has 2 aliphatic rings. The SMILES string of the molecule is CNCC(=O)NC1CCN(C(=O)C2CC2)CC1. The Labute approximate surface area is 102 Å². The summed E-state index contributed by atoms with van der Waals surface area (Å²) in [6, 6.07) is 0.235. The van der Waals surface area contributed by atoms with Gasteiger partial charge < -0.3 is 15.5 Å². The number of hydrogen-bond acceptors (Lipinski definition) is 3. The lowest BCUT2D eigenvalue weighted by Crippen LogP contribution is -2.48. The summed E-state index contributed by atoms with van der Waals surface area (Å²) in [6.07, 6.45) is 3.90. The van der Waals surface area contributed by atoms with E-state index in [1.807, 2.05) is 4.90 Å². The van der Waals surface area contributed by atoms with Gasteiger partial charge in [-0.2, -0.15) is 0 Å². The number of amides is 2. The first-order valence-electron chi connectivity index (χ1n) is 6.43. The molecule has 2 fully saturated rings. The molecule has 1 saturated heterocycles. The van der Waals surface area contributed by atoms with Crippen molar-refractivity contribution in [2.24, 2.45) is 5.92 Å². The maximum atomic E-state index is 11.8. The van der Waals surface area contributed by atoms with Crippen LogP contribution in [0.4, 0.5) is 0 Å². The minimum atomic E-state index is 0.0412. The number of likely N-dealkylation sites (N-methyl/N-ethyl adjacent to an activating group) is 1. The first-order chi connectivity index (χ1) is 8.20. The molecule has 0 bridgehead atoms. The van der Waals surface area contributed by atoms with Crippen LogP contribution >= 0.6 is 0 Å². The Morgan fingerprint density at radius 2 is 1.82 bits per heavy atom. The molecule has 5 heteroatoms. The molecule has 0 aromatic heterocycles. The molecule has 1 saturated carbocycles. The predicted octanol–water partition coefficient (Wildman–Crippen LogP) is -0.277. The fourth-order valence-corrected chi connectivity index (χ4v) is 2.27. The number of piperidine rings is 1. The van der Waals surface area contributed by atoms with Crippen LogP contribution in [-0.2, 0) is 9.59 Å². The van der Waals surface area contributed by atoms with Crippen LogP contribution in [0.3, 0.4) is 0 Å². The topological polar surface area (TPSA) is 61.4 Å². The van der Waals surface area contributed by atoms with E-state index in [2.05, 4.69) is 10.6 Å². The largest absolute Gasteiger partial charge is 0.352 e. The number of nitrogens with zero attached hydrogens (tertiary/aromatic N) is 1. The predicted molar refractivity (Wildman–Crippen MR) is 64.4 cm³/mol. The number of hydrogen-bond donors (Lipinski definition) is 2. The molecule has 1 aliphatic carbocycles. The van der Waals surface area contributed by atoms with Crippen LogP contribution in [-0.4, -0.2) is 49.4 Å². The van der Waals surface area contributed by atoms with Gasteiger partial charge in [-0.05, 0) is 32.7 Å². The van der Waals surface area contributed by atoms with Crippen molar-refractivity contribution in [2.45, 2.75) is 31.7 Å². The number of rotatable bonds is 4. The molecule has 0 aromatic carbocycles. The number of nitrogens with one attached hydrogen (secondary N) is 2. The lowest BCUT2D eigenvalue weighted by Gasteiger charge is -2.32. The van der Waals surface area contributed by atoms with E-state index in [1.165, 1.54) is 0 Å². The summed E-state index contributed by atoms with van der Waals surface area (Å²) < 4.78 is 0. The molecule has 1 aliphatic heterocycles. The van der Waals surface area contributed by atoms with E-state index < -0.39 is 0 Å². The Kier molecular flexibility index (Phi) is 3.99. The van der Waals surface area contributed by atoms with E-state index in [9.17, 15) is 9.59 Å². The fourth-order valence-electron chi connectivity index (χ4n) is 2.27. The fraction of sp³-hybridized carbons (Fsp3) is 0.833. The van der Waals surface area contributed by atoms with E-state index in [1.54, 1.807) is 7.05 Å². The van der Waals surface area contributed by atoms with Gasteiger partial charge in [0.25, 0.3) is 0 Å². The molecule has 0 unspecified atom stereocenters. The van der Waals surface area contributed by atoms with Crippen molar-refractivity contribution < 1.29 is 9.59 Å². The summed E-state index contributed by atoms with van der Waals surface area (Å²) >= 11 is 0. The zero-order chi connectivity index (χ0) is 12.3. The Morgan fingerprint density at radius 1 is 1.18 bits per heavy atom. The maximum Gasteiger partial charge on any atom is 0.234 e. The van der Waals surface area contributed by atoms with E-state index >= 15 is 0 Å². The van der Waals surface area contributed by atoms with Gasteiger partial charge in [-0.3, -0.25) is 9.59 Å². The van der Waals surface area contributed by atoms with Gasteiger partial charge in [0, 0.05) is 25.0 Å². The van der Waals surface area contributed by atoms with E-state index in [0.29, 0.717) is 18.4 Å². The highest BCUT2D eigenvalue weighted by Crippen LogP contribution is 2.31. The van der Waals surface area contributed by atoms with Gasteiger partial charge in [0.2, 0.25) is 11.8 Å². The molecule has 0 spiro atoms. The first-order valence-corrected chi connectivity index (χ1v) is 6.43. The van der Waals surface area contributed by atoms with Gasteiger partial charge in [-0.1, -0.05) is 0 Å². The molecule has 2 rings (SSSR count). The summed E-state index contributed by atoms with van der Waals surface area (Å²) in [5.74, 6) is 0.676. The first kappa shape index (κ1) is 12.4. The molecule has 96 valence electrons. The van der Waals surface area contributed by atoms with Gasteiger partial charge in [0.1, 0.15) is 0 Å². The second-order valence-corrected chi connectivity index (χ2v) is 4.97. The van der Waals surface area contributed by atoms with Crippen LogP contribution in [0.25, 0.3) is 0 Å². The summed E-state index contributed by atoms with van der Waals surface area (Å²) in [4.78, 5) is 25.2. The van der Waals surface area contributed by atoms with Gasteiger partial charge in [-0.15, -0.1) is 0 Å². The van der Waals surface area contributed by atoms with Gasteiger partial charge in [0.15, 0.2) is 0 Å².